The van der Waals surface area contributed by atoms with Crippen molar-refractivity contribution in [2.45, 2.75) is 38.9 Å². The largest absolute Gasteiger partial charge is 0.336 e. The quantitative estimate of drug-likeness (QED) is 0.484. The number of fused-ring (bicyclic) bond motifs is 1. The van der Waals surface area contributed by atoms with Gasteiger partial charge in [0.2, 0.25) is 5.91 Å². The number of carbonyl (C=O) groups excluding carboxylic acids is 2. The molecule has 2 aromatic carbocycles. The number of imide groups is 1. The lowest BCUT2D eigenvalue weighted by Crippen LogP contribution is -2.43. The molecule has 0 aliphatic carbocycles. The van der Waals surface area contributed by atoms with Gasteiger partial charge in [-0.25, -0.2) is 9.78 Å². The Morgan fingerprint density at radius 1 is 1.10 bits per heavy atom. The first-order valence-corrected chi connectivity index (χ1v) is 10.6. The monoisotopic (exact) mass is 424 g/mol. The first-order chi connectivity index (χ1) is 14.3. The van der Waals surface area contributed by atoms with Crippen LogP contribution in [-0.2, 0) is 4.79 Å². The minimum absolute atomic E-state index is 0.0544. The maximum atomic E-state index is 13.2. The molecule has 0 unspecified atom stereocenters. The van der Waals surface area contributed by atoms with Crippen LogP contribution in [0.2, 0.25) is 0 Å². The predicted octanol–water partition coefficient (Wildman–Crippen LogP) is 3.33. The van der Waals surface area contributed by atoms with E-state index in [9.17, 15) is 14.4 Å². The molecule has 156 valence electrons. The van der Waals surface area contributed by atoms with E-state index in [0.29, 0.717) is 21.7 Å². The Bertz CT molecular complexity index is 1170. The van der Waals surface area contributed by atoms with Gasteiger partial charge in [0.05, 0.1) is 22.3 Å². The number of benzene rings is 2. The number of urea groups is 1. The van der Waals surface area contributed by atoms with E-state index in [0.717, 1.165) is 22.9 Å². The molecule has 3 aromatic rings. The maximum absolute atomic E-state index is 13.2. The highest BCUT2D eigenvalue weighted by Crippen LogP contribution is 2.22. The Kier molecular flexibility index (Phi) is 6.56. The Labute approximate surface area is 178 Å². The van der Waals surface area contributed by atoms with Crippen LogP contribution in [0.15, 0.2) is 52.4 Å². The van der Waals surface area contributed by atoms with E-state index in [2.05, 4.69) is 15.6 Å². The Balaban J connectivity index is 1.96. The van der Waals surface area contributed by atoms with Crippen LogP contribution < -0.4 is 16.2 Å². The van der Waals surface area contributed by atoms with Crippen LogP contribution in [0.3, 0.4) is 0 Å². The molecule has 3 rings (SSSR count). The molecule has 0 radical (unpaired) electrons. The van der Waals surface area contributed by atoms with Crippen LogP contribution in [0.1, 0.15) is 25.0 Å². The van der Waals surface area contributed by atoms with Gasteiger partial charge < -0.3 is 5.32 Å². The number of amides is 3. The fraction of sp³-hybridized carbons (Fsp3) is 0.273. The van der Waals surface area contributed by atoms with Crippen molar-refractivity contribution in [3.63, 3.8) is 0 Å². The first-order valence-electron chi connectivity index (χ1n) is 9.59. The second-order valence-corrected chi connectivity index (χ2v) is 8.23. The van der Waals surface area contributed by atoms with E-state index in [1.165, 1.54) is 4.57 Å². The van der Waals surface area contributed by atoms with Gasteiger partial charge in [-0.2, -0.15) is 0 Å². The van der Waals surface area contributed by atoms with Crippen molar-refractivity contribution in [1.29, 1.82) is 0 Å². The van der Waals surface area contributed by atoms with Crippen molar-refractivity contribution in [2.75, 3.05) is 5.75 Å². The molecule has 0 spiro atoms. The summed E-state index contributed by atoms with van der Waals surface area (Å²) in [4.78, 5) is 41.8. The van der Waals surface area contributed by atoms with Gasteiger partial charge in [0.1, 0.15) is 0 Å². The molecule has 3 amide bonds. The topological polar surface area (TPSA) is 93.1 Å². The van der Waals surface area contributed by atoms with Crippen LogP contribution in [0, 0.1) is 13.8 Å². The summed E-state index contributed by atoms with van der Waals surface area (Å²) in [7, 11) is 0. The standard InChI is InChI=1S/C22H24N4O3S/c1-13(2)23-21(29)25-19(27)12-30-22-24-18-8-6-5-7-17(18)20(28)26(22)16-10-9-14(3)15(4)11-16/h5-11,13H,12H2,1-4H3,(H2,23,25,27,29). The minimum atomic E-state index is -0.548. The number of nitrogens with zero attached hydrogens (tertiary/aromatic N) is 2. The lowest BCUT2D eigenvalue weighted by atomic mass is 10.1. The number of aromatic nitrogens is 2. The lowest BCUT2D eigenvalue weighted by molar-refractivity contribution is -0.117. The number of hydrogen-bond acceptors (Lipinski definition) is 5. The summed E-state index contributed by atoms with van der Waals surface area (Å²) < 4.78 is 1.51. The van der Waals surface area contributed by atoms with E-state index in [1.54, 1.807) is 32.0 Å². The van der Waals surface area contributed by atoms with Gasteiger partial charge >= 0.3 is 6.03 Å². The van der Waals surface area contributed by atoms with E-state index < -0.39 is 11.9 Å². The number of rotatable bonds is 5. The van der Waals surface area contributed by atoms with Crippen molar-refractivity contribution in [1.82, 2.24) is 20.2 Å². The maximum Gasteiger partial charge on any atom is 0.321 e. The van der Waals surface area contributed by atoms with E-state index >= 15 is 0 Å². The van der Waals surface area contributed by atoms with Crippen LogP contribution in [0.25, 0.3) is 16.6 Å². The molecule has 8 heteroatoms. The molecule has 0 fully saturated rings. The molecule has 1 heterocycles. The molecule has 1 aromatic heterocycles. The van der Waals surface area contributed by atoms with Gasteiger partial charge in [0.15, 0.2) is 5.16 Å². The average molecular weight is 425 g/mol. The van der Waals surface area contributed by atoms with Gasteiger partial charge in [-0.1, -0.05) is 30.0 Å². The molecule has 2 N–H and O–H groups in total. The molecule has 30 heavy (non-hydrogen) atoms. The number of hydrogen-bond donors (Lipinski definition) is 2. The van der Waals surface area contributed by atoms with E-state index in [1.807, 2.05) is 38.1 Å². The average Bonchev–Trinajstić information content (AvgIpc) is 2.68. The Morgan fingerprint density at radius 3 is 2.53 bits per heavy atom. The normalized spacial score (nSPS) is 11.0. The summed E-state index contributed by atoms with van der Waals surface area (Å²) in [6.45, 7) is 7.59. The second kappa shape index (κ2) is 9.13. The SMILES string of the molecule is Cc1ccc(-n2c(SCC(=O)NC(=O)NC(C)C)nc3ccccc3c2=O)cc1C. The van der Waals surface area contributed by atoms with Crippen molar-refractivity contribution in [2.24, 2.45) is 0 Å². The highest BCUT2D eigenvalue weighted by atomic mass is 32.2. The van der Waals surface area contributed by atoms with Crippen molar-refractivity contribution < 1.29 is 9.59 Å². The van der Waals surface area contributed by atoms with Crippen LogP contribution in [-0.4, -0.2) is 33.3 Å². The number of thioether (sulfide) groups is 1. The summed E-state index contributed by atoms with van der Waals surface area (Å²) in [5.74, 6) is -0.520. The summed E-state index contributed by atoms with van der Waals surface area (Å²) in [5, 5.41) is 5.78. The predicted molar refractivity (Wildman–Crippen MR) is 119 cm³/mol. The summed E-state index contributed by atoms with van der Waals surface area (Å²) in [6.07, 6.45) is 0. The number of nitrogens with one attached hydrogen (secondary N) is 2. The smallest absolute Gasteiger partial charge is 0.321 e. The summed E-state index contributed by atoms with van der Waals surface area (Å²) in [6, 6.07) is 12.2. The zero-order valence-corrected chi connectivity index (χ0v) is 18.2. The fourth-order valence-electron chi connectivity index (χ4n) is 2.89. The van der Waals surface area contributed by atoms with Crippen LogP contribution in [0.4, 0.5) is 4.79 Å². The number of aryl methyl sites for hydroxylation is 2. The zero-order valence-electron chi connectivity index (χ0n) is 17.4. The van der Waals surface area contributed by atoms with Crippen molar-refractivity contribution in [3.05, 3.63) is 63.9 Å². The van der Waals surface area contributed by atoms with Crippen molar-refractivity contribution in [3.8, 4) is 5.69 Å². The third-order valence-electron chi connectivity index (χ3n) is 4.50. The molecule has 0 aliphatic rings. The van der Waals surface area contributed by atoms with Gasteiger partial charge in [0.25, 0.3) is 5.56 Å². The van der Waals surface area contributed by atoms with Crippen molar-refractivity contribution >= 4 is 34.6 Å². The third-order valence-corrected chi connectivity index (χ3v) is 5.44. The van der Waals surface area contributed by atoms with E-state index in [-0.39, 0.29) is 17.4 Å². The van der Waals surface area contributed by atoms with Gasteiger partial charge in [0, 0.05) is 6.04 Å². The van der Waals surface area contributed by atoms with Crippen LogP contribution >= 0.6 is 11.8 Å². The van der Waals surface area contributed by atoms with Gasteiger partial charge in [-0.15, -0.1) is 0 Å². The van der Waals surface area contributed by atoms with Gasteiger partial charge in [-0.3, -0.25) is 19.5 Å². The lowest BCUT2D eigenvalue weighted by Gasteiger charge is -2.14. The first kappa shape index (κ1) is 21.6. The molecule has 7 nitrogen and oxygen atoms in total. The third kappa shape index (κ3) is 4.88. The van der Waals surface area contributed by atoms with Crippen LogP contribution in [0.5, 0.6) is 0 Å². The molecule has 0 saturated carbocycles. The molecule has 0 bridgehead atoms. The summed E-state index contributed by atoms with van der Waals surface area (Å²) in [5.41, 5.74) is 3.20. The summed E-state index contributed by atoms with van der Waals surface area (Å²) >= 11 is 1.11. The Morgan fingerprint density at radius 2 is 1.83 bits per heavy atom. The molecular weight excluding hydrogens is 400 g/mol. The number of para-hydroxylation sites is 1. The highest BCUT2D eigenvalue weighted by Gasteiger charge is 2.16. The zero-order chi connectivity index (χ0) is 21.8. The van der Waals surface area contributed by atoms with Gasteiger partial charge in [-0.05, 0) is 63.1 Å². The van der Waals surface area contributed by atoms with E-state index in [4.69, 9.17) is 0 Å². The molecular formula is C22H24N4O3S. The fourth-order valence-corrected chi connectivity index (χ4v) is 3.71. The highest BCUT2D eigenvalue weighted by molar-refractivity contribution is 7.99. The minimum Gasteiger partial charge on any atom is -0.336 e. The number of carbonyl (C=O) groups is 2. The second-order valence-electron chi connectivity index (χ2n) is 7.29. The molecule has 0 atom stereocenters. The molecule has 0 saturated heterocycles. The molecule has 0 aliphatic heterocycles. The Hall–Kier alpha value is -3.13.